The van der Waals surface area contributed by atoms with E-state index in [1.54, 1.807) is 30.3 Å². The van der Waals surface area contributed by atoms with Crippen molar-refractivity contribution in [1.82, 2.24) is 30.2 Å². The van der Waals surface area contributed by atoms with Gasteiger partial charge in [0, 0.05) is 52.8 Å². The van der Waals surface area contributed by atoms with Gasteiger partial charge in [-0.25, -0.2) is 15.0 Å². The molecule has 1 aromatic carbocycles. The smallest absolute Gasteiger partial charge is 0.303 e. The average Bonchev–Trinajstić information content (AvgIpc) is 3.84. The molecule has 0 aliphatic carbocycles. The molecule has 2 saturated heterocycles. The zero-order chi connectivity index (χ0) is 46.9. The number of nitrogens with one attached hydrogen (secondary N) is 3. The molecular weight excluding hydrogens is 862 g/mol. The Kier molecular flexibility index (Phi) is 19.4. The fourth-order valence-electron chi connectivity index (χ4n) is 6.95. The van der Waals surface area contributed by atoms with E-state index in [4.69, 9.17) is 42.6 Å². The predicted octanol–water partition coefficient (Wildman–Crippen LogP) is -0.336. The lowest BCUT2D eigenvalue weighted by molar-refractivity contribution is -0.277. The second kappa shape index (κ2) is 25.1. The normalized spacial score (nSPS) is 23.9. The van der Waals surface area contributed by atoms with Crippen LogP contribution < -0.4 is 16.0 Å². The average molecular weight is 918 g/mol. The first-order valence-corrected chi connectivity index (χ1v) is 20.8. The van der Waals surface area contributed by atoms with E-state index in [-0.39, 0.29) is 75.7 Å². The third-order valence-corrected chi connectivity index (χ3v) is 9.83. The highest BCUT2D eigenvalue weighted by Gasteiger charge is 2.51. The minimum atomic E-state index is -1.24. The number of benzene rings is 1. The SMILES string of the molecule is CC(=O)N[C@H]1[C@H](OCCCCC(=O)NCCOCCOCO[C@@H]2[C@H](O)[C@@H](CO)O[C@H]2n2cnc3c(NC(=O)c4ccccc4)ncnc32)O[C@H](COC(C)=O)[C@H](OC(C)=O)[C@@H]1OC(C)=O. The summed E-state index contributed by atoms with van der Waals surface area (Å²) in [7, 11) is 0. The first kappa shape index (κ1) is 50.3. The lowest BCUT2D eigenvalue weighted by Crippen LogP contribution is -2.66. The van der Waals surface area contributed by atoms with E-state index in [1.807, 2.05) is 0 Å². The number of aromatic nitrogens is 4. The Morgan fingerprint density at radius 2 is 1.54 bits per heavy atom. The lowest BCUT2D eigenvalue weighted by atomic mass is 9.96. The van der Waals surface area contributed by atoms with E-state index in [0.717, 1.165) is 13.8 Å². The van der Waals surface area contributed by atoms with E-state index in [2.05, 4.69) is 30.9 Å². The molecule has 24 heteroatoms. The largest absolute Gasteiger partial charge is 0.463 e. The zero-order valence-electron chi connectivity index (χ0n) is 36.3. The number of carbonyl (C=O) groups is 6. The number of hydrogen-bond acceptors (Lipinski definition) is 20. The maximum atomic E-state index is 12.8. The first-order chi connectivity index (χ1) is 31.3. The molecule has 0 bridgehead atoms. The number of hydrogen-bond donors (Lipinski definition) is 5. The number of fused-ring (bicyclic) bond motifs is 1. The van der Waals surface area contributed by atoms with Crippen molar-refractivity contribution < 1.29 is 81.6 Å². The first-order valence-electron chi connectivity index (χ1n) is 20.8. The van der Waals surface area contributed by atoms with Crippen molar-refractivity contribution in [2.75, 3.05) is 58.3 Å². The summed E-state index contributed by atoms with van der Waals surface area (Å²) >= 11 is 0. The number of rotatable bonds is 24. The van der Waals surface area contributed by atoms with E-state index in [1.165, 1.54) is 31.1 Å². The third kappa shape index (κ3) is 14.6. The molecule has 356 valence electrons. The van der Waals surface area contributed by atoms with Gasteiger partial charge < -0.3 is 68.8 Å². The molecule has 5 N–H and O–H groups in total. The van der Waals surface area contributed by atoms with Gasteiger partial charge in [-0.05, 0) is 25.0 Å². The standard InChI is InChI=1S/C41H55N7O17/c1-23(50)46-31-35(63-26(4)53)34(62-25(3)52)29(19-60-24(2)51)65-41(31)59-14-9-8-12-30(54)42-13-15-57-16-17-58-22-61-36-33(55)28(18-49)64-40(36)48-21-45-32-37(43-20-44-38(32)48)47-39(56)27-10-6-5-7-11-27/h5-7,10-11,20-21,28-29,31,33-36,40-41,49,55H,8-9,12-19,22H2,1-4H3,(H,42,54)(H,46,50)(H,43,44,47,56)/t28-,29-,31-,33-,34+,35-,36-,40-,41-/m1/s1. The molecule has 0 unspecified atom stereocenters. The van der Waals surface area contributed by atoms with E-state index in [0.29, 0.717) is 18.4 Å². The monoisotopic (exact) mass is 917 g/mol. The number of anilines is 1. The number of aliphatic hydroxyl groups is 2. The van der Waals surface area contributed by atoms with Crippen molar-refractivity contribution in [3.8, 4) is 0 Å². The summed E-state index contributed by atoms with van der Waals surface area (Å²) in [4.78, 5) is 85.7. The van der Waals surface area contributed by atoms with Crippen molar-refractivity contribution in [1.29, 1.82) is 0 Å². The van der Waals surface area contributed by atoms with Gasteiger partial charge in [-0.15, -0.1) is 0 Å². The Hall–Kier alpha value is -5.73. The minimum absolute atomic E-state index is 0.0638. The van der Waals surface area contributed by atoms with Crippen LogP contribution in [0.15, 0.2) is 43.0 Å². The number of esters is 3. The molecule has 3 aromatic rings. The van der Waals surface area contributed by atoms with Gasteiger partial charge in [0.2, 0.25) is 11.8 Å². The molecule has 5 rings (SSSR count). The third-order valence-electron chi connectivity index (χ3n) is 9.83. The van der Waals surface area contributed by atoms with Crippen LogP contribution >= 0.6 is 0 Å². The Morgan fingerprint density at radius 3 is 2.25 bits per heavy atom. The molecular formula is C41H55N7O17. The second-order valence-corrected chi connectivity index (χ2v) is 14.8. The quantitative estimate of drug-likeness (QED) is 0.0332. The highest BCUT2D eigenvalue weighted by atomic mass is 16.7. The van der Waals surface area contributed by atoms with Gasteiger partial charge in [-0.3, -0.25) is 33.3 Å². The molecule has 3 amide bonds. The molecule has 0 spiro atoms. The van der Waals surface area contributed by atoms with Gasteiger partial charge in [-0.1, -0.05) is 18.2 Å². The molecule has 0 saturated carbocycles. The molecule has 24 nitrogen and oxygen atoms in total. The van der Waals surface area contributed by atoms with Crippen LogP contribution in [0.1, 0.15) is 63.5 Å². The summed E-state index contributed by atoms with van der Waals surface area (Å²) in [6, 6.07) is 7.48. The number of nitrogens with zero attached hydrogens (tertiary/aromatic N) is 4. The van der Waals surface area contributed by atoms with Crippen LogP contribution in [0.3, 0.4) is 0 Å². The van der Waals surface area contributed by atoms with Crippen molar-refractivity contribution in [2.45, 2.75) is 102 Å². The zero-order valence-corrected chi connectivity index (χ0v) is 36.3. The van der Waals surface area contributed by atoms with Crippen LogP contribution in [-0.2, 0) is 66.6 Å². The Bertz CT molecular complexity index is 2060. The molecule has 0 radical (unpaired) electrons. The molecule has 2 aliphatic heterocycles. The number of carbonyl (C=O) groups excluding carboxylic acids is 6. The van der Waals surface area contributed by atoms with Crippen molar-refractivity contribution >= 4 is 52.6 Å². The Labute approximate surface area is 372 Å². The van der Waals surface area contributed by atoms with E-state index >= 15 is 0 Å². The van der Waals surface area contributed by atoms with Gasteiger partial charge in [-0.2, -0.15) is 0 Å². The summed E-state index contributed by atoms with van der Waals surface area (Å²) in [6.07, 6.45) is -5.34. The van der Waals surface area contributed by atoms with Crippen molar-refractivity contribution in [2.24, 2.45) is 0 Å². The van der Waals surface area contributed by atoms with Gasteiger partial charge in [0.15, 0.2) is 41.7 Å². The van der Waals surface area contributed by atoms with Gasteiger partial charge in [0.05, 0.1) is 32.8 Å². The Morgan fingerprint density at radius 1 is 0.800 bits per heavy atom. The van der Waals surface area contributed by atoms with Crippen LogP contribution in [0.2, 0.25) is 0 Å². The fraction of sp³-hybridized carbons (Fsp3) is 0.585. The summed E-state index contributed by atoms with van der Waals surface area (Å²) in [5.74, 6) is -3.04. The number of ether oxygens (including phenoxy) is 9. The topological polar surface area (TPSA) is 306 Å². The molecule has 9 atom stereocenters. The number of imidazole rings is 1. The highest BCUT2D eigenvalue weighted by Crippen LogP contribution is 2.34. The van der Waals surface area contributed by atoms with Gasteiger partial charge in [0.1, 0.15) is 50.2 Å². The predicted molar refractivity (Wildman–Crippen MR) is 220 cm³/mol. The van der Waals surface area contributed by atoms with Gasteiger partial charge in [0.25, 0.3) is 5.91 Å². The second-order valence-electron chi connectivity index (χ2n) is 14.8. The summed E-state index contributed by atoms with van der Waals surface area (Å²) in [5, 5.41) is 28.9. The van der Waals surface area contributed by atoms with E-state index in [9.17, 15) is 39.0 Å². The summed E-state index contributed by atoms with van der Waals surface area (Å²) in [6.45, 7) is 4.35. The molecule has 2 fully saturated rings. The van der Waals surface area contributed by atoms with Crippen LogP contribution in [0.4, 0.5) is 5.82 Å². The molecule has 2 aliphatic rings. The maximum absolute atomic E-state index is 12.8. The van der Waals surface area contributed by atoms with Crippen molar-refractivity contribution in [3.63, 3.8) is 0 Å². The molecule has 2 aromatic heterocycles. The van der Waals surface area contributed by atoms with E-state index < -0.39 is 91.5 Å². The van der Waals surface area contributed by atoms with Crippen LogP contribution in [0.5, 0.6) is 0 Å². The van der Waals surface area contributed by atoms with Crippen LogP contribution in [0, 0.1) is 0 Å². The number of amides is 3. The van der Waals surface area contributed by atoms with Gasteiger partial charge >= 0.3 is 17.9 Å². The number of unbranched alkanes of at least 4 members (excludes halogenated alkanes) is 1. The summed E-state index contributed by atoms with van der Waals surface area (Å²) in [5.41, 5.74) is 0.978. The van der Waals surface area contributed by atoms with Crippen molar-refractivity contribution in [3.05, 3.63) is 48.5 Å². The fourth-order valence-corrected chi connectivity index (χ4v) is 6.95. The lowest BCUT2D eigenvalue weighted by Gasteiger charge is -2.44. The maximum Gasteiger partial charge on any atom is 0.303 e. The molecule has 65 heavy (non-hydrogen) atoms. The Balaban J connectivity index is 0.995. The minimum Gasteiger partial charge on any atom is -0.463 e. The highest BCUT2D eigenvalue weighted by molar-refractivity contribution is 6.06. The summed E-state index contributed by atoms with van der Waals surface area (Å²) < 4.78 is 52.2. The molecule has 4 heterocycles. The van der Waals surface area contributed by atoms with Crippen LogP contribution in [-0.4, -0.2) is 167 Å². The van der Waals surface area contributed by atoms with Crippen LogP contribution in [0.25, 0.3) is 11.2 Å². The number of aliphatic hydroxyl groups excluding tert-OH is 2.